The van der Waals surface area contributed by atoms with Crippen LogP contribution in [-0.4, -0.2) is 25.3 Å². The maximum absolute atomic E-state index is 13.7. The van der Waals surface area contributed by atoms with Crippen molar-refractivity contribution in [3.63, 3.8) is 0 Å². The molecule has 0 unspecified atom stereocenters. The van der Waals surface area contributed by atoms with Gasteiger partial charge in [0.25, 0.3) is 0 Å². The zero-order valence-electron chi connectivity index (χ0n) is 15.5. The fourth-order valence-electron chi connectivity index (χ4n) is 2.36. The highest BCUT2D eigenvalue weighted by Crippen LogP contribution is 2.16. The molecule has 0 radical (unpaired) electrons. The van der Waals surface area contributed by atoms with E-state index in [0.717, 1.165) is 5.56 Å². The standard InChI is InChI=1S/C20H23F4N3O/c1-2-25-19(27-12-17-5-3-4-6-18(17)21)26-11-15-7-9-16(10-8-15)13-28-14-20(22,23)24/h3-10H,2,11-14H2,1H3,(H2,25,26,27). The molecule has 0 saturated carbocycles. The summed E-state index contributed by atoms with van der Waals surface area (Å²) in [4.78, 5) is 4.44. The molecule has 4 nitrogen and oxygen atoms in total. The van der Waals surface area contributed by atoms with Crippen LogP contribution in [-0.2, 0) is 24.4 Å². The Bertz CT molecular complexity index is 761. The fourth-order valence-corrected chi connectivity index (χ4v) is 2.36. The summed E-state index contributed by atoms with van der Waals surface area (Å²) in [6.45, 7) is 1.88. The summed E-state index contributed by atoms with van der Waals surface area (Å²) >= 11 is 0. The van der Waals surface area contributed by atoms with E-state index in [0.29, 0.717) is 36.7 Å². The third kappa shape index (κ3) is 7.96. The number of rotatable bonds is 8. The second-order valence-electron chi connectivity index (χ2n) is 6.06. The second kappa shape index (κ2) is 10.7. The predicted molar refractivity (Wildman–Crippen MR) is 100 cm³/mol. The topological polar surface area (TPSA) is 45.7 Å². The zero-order chi connectivity index (χ0) is 20.4. The Morgan fingerprint density at radius 1 is 1.00 bits per heavy atom. The van der Waals surface area contributed by atoms with Crippen LogP contribution < -0.4 is 10.6 Å². The van der Waals surface area contributed by atoms with Gasteiger partial charge in [-0.05, 0) is 24.1 Å². The summed E-state index contributed by atoms with van der Waals surface area (Å²) in [5, 5.41) is 6.16. The van der Waals surface area contributed by atoms with Gasteiger partial charge >= 0.3 is 6.18 Å². The van der Waals surface area contributed by atoms with Crippen LogP contribution in [0.15, 0.2) is 53.5 Å². The number of hydrogen-bond donors (Lipinski definition) is 2. The third-order valence-corrected chi connectivity index (χ3v) is 3.73. The van der Waals surface area contributed by atoms with Gasteiger partial charge in [0.1, 0.15) is 12.4 Å². The van der Waals surface area contributed by atoms with E-state index < -0.39 is 12.8 Å². The quantitative estimate of drug-likeness (QED) is 0.400. The Morgan fingerprint density at radius 2 is 1.68 bits per heavy atom. The number of alkyl halides is 3. The lowest BCUT2D eigenvalue weighted by molar-refractivity contribution is -0.176. The molecule has 2 aromatic rings. The van der Waals surface area contributed by atoms with Gasteiger partial charge in [0.15, 0.2) is 5.96 Å². The first-order chi connectivity index (χ1) is 13.4. The molecular formula is C20H23F4N3O. The van der Waals surface area contributed by atoms with Crippen LogP contribution in [0.2, 0.25) is 0 Å². The molecule has 0 aliphatic carbocycles. The molecule has 0 saturated heterocycles. The molecule has 0 spiro atoms. The van der Waals surface area contributed by atoms with Crippen molar-refractivity contribution in [1.29, 1.82) is 0 Å². The summed E-state index contributed by atoms with van der Waals surface area (Å²) in [5.41, 5.74) is 2.08. The Balaban J connectivity index is 1.88. The summed E-state index contributed by atoms with van der Waals surface area (Å²) in [5.74, 6) is 0.262. The molecule has 0 amide bonds. The number of guanidine groups is 1. The molecule has 0 aromatic heterocycles. The summed E-state index contributed by atoms with van der Waals surface area (Å²) in [7, 11) is 0. The minimum Gasteiger partial charge on any atom is -0.367 e. The number of aliphatic imine (C=N–C) groups is 1. The molecule has 2 rings (SSSR count). The lowest BCUT2D eigenvalue weighted by Gasteiger charge is -2.12. The summed E-state index contributed by atoms with van der Waals surface area (Å²) in [6, 6.07) is 13.5. The van der Waals surface area contributed by atoms with Crippen LogP contribution in [0.3, 0.4) is 0 Å². The molecule has 2 aromatic carbocycles. The lowest BCUT2D eigenvalue weighted by atomic mass is 10.1. The van der Waals surface area contributed by atoms with Gasteiger partial charge in [0.2, 0.25) is 0 Å². The molecule has 0 heterocycles. The Hall–Kier alpha value is -2.61. The molecule has 0 aliphatic rings. The van der Waals surface area contributed by atoms with Crippen molar-refractivity contribution in [2.24, 2.45) is 4.99 Å². The highest BCUT2D eigenvalue weighted by Gasteiger charge is 2.27. The lowest BCUT2D eigenvalue weighted by Crippen LogP contribution is -2.37. The van der Waals surface area contributed by atoms with Gasteiger partial charge in [0, 0.05) is 18.7 Å². The van der Waals surface area contributed by atoms with Crippen molar-refractivity contribution in [2.75, 3.05) is 13.2 Å². The first kappa shape index (κ1) is 21.7. The van der Waals surface area contributed by atoms with E-state index >= 15 is 0 Å². The van der Waals surface area contributed by atoms with Gasteiger partial charge in [-0.1, -0.05) is 42.5 Å². The monoisotopic (exact) mass is 397 g/mol. The van der Waals surface area contributed by atoms with Crippen molar-refractivity contribution in [3.05, 3.63) is 71.0 Å². The number of halogens is 4. The molecule has 28 heavy (non-hydrogen) atoms. The Labute approximate surface area is 161 Å². The smallest absolute Gasteiger partial charge is 0.367 e. The minimum absolute atomic E-state index is 0.101. The SMILES string of the molecule is CCNC(=NCc1ccc(COCC(F)(F)F)cc1)NCc1ccccc1F. The number of nitrogens with zero attached hydrogens (tertiary/aromatic N) is 1. The normalized spacial score (nSPS) is 12.1. The first-order valence-electron chi connectivity index (χ1n) is 8.85. The fraction of sp³-hybridized carbons (Fsp3) is 0.350. The van der Waals surface area contributed by atoms with E-state index in [9.17, 15) is 17.6 Å². The highest BCUT2D eigenvalue weighted by atomic mass is 19.4. The third-order valence-electron chi connectivity index (χ3n) is 3.73. The first-order valence-corrected chi connectivity index (χ1v) is 8.85. The van der Waals surface area contributed by atoms with Crippen LogP contribution in [0, 0.1) is 5.82 Å². The number of ether oxygens (including phenoxy) is 1. The number of nitrogens with one attached hydrogen (secondary N) is 2. The average Bonchev–Trinajstić information content (AvgIpc) is 2.65. The van der Waals surface area contributed by atoms with E-state index in [1.54, 1.807) is 42.5 Å². The van der Waals surface area contributed by atoms with Gasteiger partial charge in [-0.2, -0.15) is 13.2 Å². The maximum atomic E-state index is 13.7. The molecular weight excluding hydrogens is 374 g/mol. The van der Waals surface area contributed by atoms with Gasteiger partial charge in [0.05, 0.1) is 13.2 Å². The maximum Gasteiger partial charge on any atom is 0.411 e. The van der Waals surface area contributed by atoms with Gasteiger partial charge in [-0.25, -0.2) is 9.38 Å². The second-order valence-corrected chi connectivity index (χ2v) is 6.06. The van der Waals surface area contributed by atoms with Crippen molar-refractivity contribution in [3.8, 4) is 0 Å². The van der Waals surface area contributed by atoms with E-state index in [4.69, 9.17) is 0 Å². The van der Waals surface area contributed by atoms with Crippen LogP contribution in [0.1, 0.15) is 23.6 Å². The van der Waals surface area contributed by atoms with Gasteiger partial charge < -0.3 is 15.4 Å². The van der Waals surface area contributed by atoms with Crippen LogP contribution in [0.4, 0.5) is 17.6 Å². The van der Waals surface area contributed by atoms with Crippen LogP contribution in [0.5, 0.6) is 0 Å². The summed E-state index contributed by atoms with van der Waals surface area (Å²) in [6.07, 6.45) is -4.33. The molecule has 0 aliphatic heterocycles. The summed E-state index contributed by atoms with van der Waals surface area (Å²) < 4.78 is 54.6. The highest BCUT2D eigenvalue weighted by molar-refractivity contribution is 5.79. The Morgan fingerprint density at radius 3 is 2.32 bits per heavy atom. The molecule has 0 bridgehead atoms. The Kier molecular flexibility index (Phi) is 8.25. The predicted octanol–water partition coefficient (Wildman–Crippen LogP) is 4.16. The van der Waals surface area contributed by atoms with E-state index in [1.807, 2.05) is 6.92 Å². The molecule has 0 fully saturated rings. The van der Waals surface area contributed by atoms with Crippen LogP contribution >= 0.6 is 0 Å². The zero-order valence-corrected chi connectivity index (χ0v) is 15.5. The van der Waals surface area contributed by atoms with E-state index in [2.05, 4.69) is 20.4 Å². The van der Waals surface area contributed by atoms with Crippen LogP contribution in [0.25, 0.3) is 0 Å². The van der Waals surface area contributed by atoms with Gasteiger partial charge in [-0.3, -0.25) is 0 Å². The van der Waals surface area contributed by atoms with E-state index in [-0.39, 0.29) is 12.4 Å². The van der Waals surface area contributed by atoms with Crippen molar-refractivity contribution in [1.82, 2.24) is 10.6 Å². The molecule has 8 heteroatoms. The van der Waals surface area contributed by atoms with Crippen molar-refractivity contribution >= 4 is 5.96 Å². The molecule has 2 N–H and O–H groups in total. The number of hydrogen-bond acceptors (Lipinski definition) is 2. The average molecular weight is 397 g/mol. The van der Waals surface area contributed by atoms with Crippen molar-refractivity contribution < 1.29 is 22.3 Å². The molecule has 152 valence electrons. The number of benzene rings is 2. The van der Waals surface area contributed by atoms with E-state index in [1.165, 1.54) is 6.07 Å². The largest absolute Gasteiger partial charge is 0.411 e. The van der Waals surface area contributed by atoms with Crippen molar-refractivity contribution in [2.45, 2.75) is 32.8 Å². The molecule has 0 atom stereocenters. The minimum atomic E-state index is -4.33. The van der Waals surface area contributed by atoms with Gasteiger partial charge in [-0.15, -0.1) is 0 Å².